The van der Waals surface area contributed by atoms with Crippen molar-refractivity contribution >= 4 is 22.6 Å². The molecule has 0 nitrogen and oxygen atoms in total. The molecule has 0 rings (SSSR count). The van der Waals surface area contributed by atoms with Crippen LogP contribution in [0.1, 0.15) is 33.1 Å². The molecule has 2 unspecified atom stereocenters. The van der Waals surface area contributed by atoms with Crippen LogP contribution in [0.15, 0.2) is 0 Å². The SMILES string of the molecule is CCCC(I)C(CC)C(F)(F)F. The predicted octanol–water partition coefficient (Wildman–Crippen LogP) is 4.18. The van der Waals surface area contributed by atoms with Crippen LogP contribution in [0.2, 0.25) is 0 Å². The summed E-state index contributed by atoms with van der Waals surface area (Å²) in [6.07, 6.45) is -2.36. The van der Waals surface area contributed by atoms with E-state index in [9.17, 15) is 13.2 Å². The summed E-state index contributed by atoms with van der Waals surface area (Å²) in [5.74, 6) is -1.13. The first-order valence-corrected chi connectivity index (χ1v) is 5.38. The molecule has 0 saturated heterocycles. The highest BCUT2D eigenvalue weighted by Crippen LogP contribution is 2.36. The lowest BCUT2D eigenvalue weighted by atomic mass is 9.99. The molecule has 0 amide bonds. The van der Waals surface area contributed by atoms with Gasteiger partial charge in [0.15, 0.2) is 0 Å². The molecule has 0 aliphatic carbocycles. The molecule has 0 aromatic carbocycles. The standard InChI is InChI=1S/C8H14F3I/c1-3-5-7(12)6(4-2)8(9,10)11/h6-7H,3-5H2,1-2H3. The first-order chi connectivity index (χ1) is 5.43. The van der Waals surface area contributed by atoms with Crippen LogP contribution in [-0.2, 0) is 0 Å². The lowest BCUT2D eigenvalue weighted by molar-refractivity contribution is -0.174. The van der Waals surface area contributed by atoms with E-state index in [4.69, 9.17) is 0 Å². The van der Waals surface area contributed by atoms with E-state index in [1.807, 2.05) is 29.5 Å². The minimum Gasteiger partial charge on any atom is -0.171 e. The molecule has 0 aromatic heterocycles. The molecule has 4 heteroatoms. The summed E-state index contributed by atoms with van der Waals surface area (Å²) >= 11 is 1.91. The minimum atomic E-state index is -4.02. The molecule has 74 valence electrons. The van der Waals surface area contributed by atoms with Crippen molar-refractivity contribution in [2.24, 2.45) is 5.92 Å². The van der Waals surface area contributed by atoms with Crippen LogP contribution in [0.5, 0.6) is 0 Å². The first-order valence-electron chi connectivity index (χ1n) is 4.14. The summed E-state index contributed by atoms with van der Waals surface area (Å²) in [4.78, 5) is 0. The maximum atomic E-state index is 12.3. The van der Waals surface area contributed by atoms with Gasteiger partial charge < -0.3 is 0 Å². The quantitative estimate of drug-likeness (QED) is 0.539. The fourth-order valence-electron chi connectivity index (χ4n) is 1.17. The lowest BCUT2D eigenvalue weighted by Crippen LogP contribution is -2.30. The number of halogens is 4. The Morgan fingerprint density at radius 2 is 1.75 bits per heavy atom. The Morgan fingerprint density at radius 1 is 1.25 bits per heavy atom. The van der Waals surface area contributed by atoms with Gasteiger partial charge in [-0.1, -0.05) is 42.9 Å². The van der Waals surface area contributed by atoms with Crippen LogP contribution in [0.3, 0.4) is 0 Å². The van der Waals surface area contributed by atoms with Gasteiger partial charge in [0, 0.05) is 3.92 Å². The second kappa shape index (κ2) is 5.29. The molecular formula is C8H14F3I. The van der Waals surface area contributed by atoms with E-state index >= 15 is 0 Å². The normalized spacial score (nSPS) is 17.5. The van der Waals surface area contributed by atoms with Crippen LogP contribution < -0.4 is 0 Å². The van der Waals surface area contributed by atoms with Gasteiger partial charge in [-0.15, -0.1) is 0 Å². The maximum absolute atomic E-state index is 12.3. The highest BCUT2D eigenvalue weighted by atomic mass is 127. The van der Waals surface area contributed by atoms with E-state index in [-0.39, 0.29) is 10.3 Å². The van der Waals surface area contributed by atoms with E-state index in [0.717, 1.165) is 6.42 Å². The van der Waals surface area contributed by atoms with Crippen LogP contribution in [0, 0.1) is 5.92 Å². The highest BCUT2D eigenvalue weighted by Gasteiger charge is 2.41. The predicted molar refractivity (Wildman–Crippen MR) is 52.6 cm³/mol. The second-order valence-corrected chi connectivity index (χ2v) is 4.46. The Kier molecular flexibility index (Phi) is 5.52. The number of alkyl halides is 4. The van der Waals surface area contributed by atoms with Crippen molar-refractivity contribution < 1.29 is 13.2 Å². The summed E-state index contributed by atoms with van der Waals surface area (Å²) in [6, 6.07) is 0. The number of hydrogen-bond donors (Lipinski definition) is 0. The molecule has 0 aromatic rings. The third kappa shape index (κ3) is 3.96. The van der Waals surface area contributed by atoms with Gasteiger partial charge in [-0.25, -0.2) is 0 Å². The van der Waals surface area contributed by atoms with Crippen LogP contribution >= 0.6 is 22.6 Å². The molecule has 0 radical (unpaired) electrons. The molecule has 0 saturated carbocycles. The van der Waals surface area contributed by atoms with Gasteiger partial charge >= 0.3 is 6.18 Å². The van der Waals surface area contributed by atoms with E-state index < -0.39 is 12.1 Å². The van der Waals surface area contributed by atoms with E-state index in [1.54, 1.807) is 6.92 Å². The fourth-order valence-corrected chi connectivity index (χ4v) is 2.71. The zero-order valence-corrected chi connectivity index (χ0v) is 9.45. The number of rotatable bonds is 4. The molecule has 0 spiro atoms. The average Bonchev–Trinajstić information content (AvgIpc) is 1.85. The zero-order chi connectivity index (χ0) is 9.78. The summed E-state index contributed by atoms with van der Waals surface area (Å²) in [5, 5.41) is 0. The molecule has 0 aliphatic rings. The van der Waals surface area contributed by atoms with Crippen LogP contribution in [-0.4, -0.2) is 10.1 Å². The molecule has 0 heterocycles. The van der Waals surface area contributed by atoms with Crippen molar-refractivity contribution in [1.82, 2.24) is 0 Å². The maximum Gasteiger partial charge on any atom is 0.392 e. The zero-order valence-electron chi connectivity index (χ0n) is 7.29. The van der Waals surface area contributed by atoms with Gasteiger partial charge in [0.2, 0.25) is 0 Å². The summed E-state index contributed by atoms with van der Waals surface area (Å²) in [5.41, 5.74) is 0. The summed E-state index contributed by atoms with van der Waals surface area (Å²) in [6.45, 7) is 3.51. The Morgan fingerprint density at radius 3 is 2.00 bits per heavy atom. The van der Waals surface area contributed by atoms with Gasteiger partial charge in [-0.2, -0.15) is 13.2 Å². The van der Waals surface area contributed by atoms with Gasteiger partial charge in [0.25, 0.3) is 0 Å². The van der Waals surface area contributed by atoms with Crippen molar-refractivity contribution in [3.8, 4) is 0 Å². The molecular weight excluding hydrogens is 280 g/mol. The van der Waals surface area contributed by atoms with Gasteiger partial charge in [-0.05, 0) is 12.8 Å². The topological polar surface area (TPSA) is 0 Å². The van der Waals surface area contributed by atoms with Gasteiger partial charge in [0.1, 0.15) is 0 Å². The Hall–Kier alpha value is 0.520. The molecule has 0 fully saturated rings. The third-order valence-corrected chi connectivity index (χ3v) is 3.35. The third-order valence-electron chi connectivity index (χ3n) is 1.86. The Labute approximate surface area is 85.1 Å². The molecule has 0 bridgehead atoms. The summed E-state index contributed by atoms with van der Waals surface area (Å²) in [7, 11) is 0. The largest absolute Gasteiger partial charge is 0.392 e. The van der Waals surface area contributed by atoms with Crippen molar-refractivity contribution in [3.63, 3.8) is 0 Å². The van der Waals surface area contributed by atoms with Crippen molar-refractivity contribution in [3.05, 3.63) is 0 Å². The van der Waals surface area contributed by atoms with E-state index in [1.165, 1.54) is 0 Å². The molecule has 0 aliphatic heterocycles. The highest BCUT2D eigenvalue weighted by molar-refractivity contribution is 14.1. The molecule has 12 heavy (non-hydrogen) atoms. The van der Waals surface area contributed by atoms with Gasteiger partial charge in [-0.3, -0.25) is 0 Å². The van der Waals surface area contributed by atoms with Crippen molar-refractivity contribution in [2.75, 3.05) is 0 Å². The lowest BCUT2D eigenvalue weighted by Gasteiger charge is -2.23. The Bertz CT molecular complexity index is 122. The van der Waals surface area contributed by atoms with Crippen molar-refractivity contribution in [1.29, 1.82) is 0 Å². The van der Waals surface area contributed by atoms with Crippen LogP contribution in [0.4, 0.5) is 13.2 Å². The number of hydrogen-bond acceptors (Lipinski definition) is 0. The van der Waals surface area contributed by atoms with Gasteiger partial charge in [0.05, 0.1) is 5.92 Å². The fraction of sp³-hybridized carbons (Fsp3) is 1.00. The molecule has 2 atom stereocenters. The van der Waals surface area contributed by atoms with E-state index in [0.29, 0.717) is 6.42 Å². The average molecular weight is 294 g/mol. The van der Waals surface area contributed by atoms with E-state index in [2.05, 4.69) is 0 Å². The second-order valence-electron chi connectivity index (χ2n) is 2.86. The minimum absolute atomic E-state index is 0.192. The van der Waals surface area contributed by atoms with Crippen molar-refractivity contribution in [2.45, 2.75) is 43.2 Å². The van der Waals surface area contributed by atoms with Crippen LogP contribution in [0.25, 0.3) is 0 Å². The smallest absolute Gasteiger partial charge is 0.171 e. The summed E-state index contributed by atoms with van der Waals surface area (Å²) < 4.78 is 36.6. The monoisotopic (exact) mass is 294 g/mol. The molecule has 0 N–H and O–H groups in total. The Balaban J connectivity index is 4.14. The first kappa shape index (κ1) is 12.5.